The van der Waals surface area contributed by atoms with E-state index in [1.165, 1.54) is 0 Å². The molecule has 1 aliphatic heterocycles. The van der Waals surface area contributed by atoms with Crippen LogP contribution in [-0.2, 0) is 10.1 Å². The van der Waals surface area contributed by atoms with Gasteiger partial charge in [0, 0.05) is 12.2 Å². The molecular weight excluding hydrogens is 439 g/mol. The molecule has 1 heterocycles. The van der Waals surface area contributed by atoms with Crippen molar-refractivity contribution in [2.45, 2.75) is 19.4 Å². The molecule has 3 N–H and O–H groups in total. The van der Waals surface area contributed by atoms with Crippen LogP contribution < -0.4 is 34.5 Å². The van der Waals surface area contributed by atoms with Crippen molar-refractivity contribution in [2.24, 2.45) is 0 Å². The number of amides is 2. The maximum atomic E-state index is 13.1. The SMILES string of the molecule is Cc1cccc(N2C(=O)N(CS(=O)(=O)[O-])CCC2c2c(O)ccc(C(=O)O)c2O)c1.[Na+]. The van der Waals surface area contributed by atoms with Gasteiger partial charge < -0.3 is 24.8 Å². The number of nitrogens with zero attached hydrogens (tertiary/aromatic N) is 2. The number of phenolic OH excluding ortho intramolecular Hbond substituents is 1. The number of hydrogen-bond acceptors (Lipinski definition) is 7. The summed E-state index contributed by atoms with van der Waals surface area (Å²) in [5.41, 5.74) is 0.483. The van der Waals surface area contributed by atoms with Crippen LogP contribution in [-0.4, -0.2) is 57.6 Å². The van der Waals surface area contributed by atoms with Crippen molar-refractivity contribution in [2.75, 3.05) is 17.3 Å². The number of carbonyl (C=O) groups is 2. The number of phenols is 2. The zero-order valence-corrected chi connectivity index (χ0v) is 19.7. The van der Waals surface area contributed by atoms with Crippen molar-refractivity contribution in [3.63, 3.8) is 0 Å². The summed E-state index contributed by atoms with van der Waals surface area (Å²) in [5, 5.41) is 30.2. The minimum Gasteiger partial charge on any atom is -0.747 e. The van der Waals surface area contributed by atoms with E-state index in [1.807, 2.05) is 0 Å². The molecule has 1 unspecified atom stereocenters. The van der Waals surface area contributed by atoms with Crippen molar-refractivity contribution in [3.8, 4) is 11.5 Å². The molecular formula is C19H19N2NaO8S. The molecule has 160 valence electrons. The maximum Gasteiger partial charge on any atom is 1.00 e. The molecule has 1 fully saturated rings. The Balaban J connectivity index is 0.00000341. The van der Waals surface area contributed by atoms with E-state index >= 15 is 0 Å². The number of carboxylic acid groups (broad SMARTS) is 1. The Labute approximate surface area is 200 Å². The Morgan fingerprint density at radius 2 is 1.90 bits per heavy atom. The molecule has 0 aromatic heterocycles. The van der Waals surface area contributed by atoms with Crippen LogP contribution in [0.1, 0.15) is 33.9 Å². The number of carboxylic acids is 1. The number of rotatable bonds is 5. The average molecular weight is 458 g/mol. The Bertz CT molecular complexity index is 1120. The minimum atomic E-state index is -4.73. The van der Waals surface area contributed by atoms with Gasteiger partial charge in [-0.25, -0.2) is 18.0 Å². The standard InChI is InChI=1S/C19H20N2O8S.Na/c1-11-3-2-4-12(9-11)21-14(7-8-20(19(21)26)10-30(27,28)29)16-15(22)6-5-13(17(16)23)18(24)25;/h2-6,9,14,22-23H,7-8,10H2,1H3,(H,24,25)(H,27,28,29);/q;+1/p-1. The van der Waals surface area contributed by atoms with Gasteiger partial charge in [-0.3, -0.25) is 4.90 Å². The Hall–Kier alpha value is -2.31. The number of aryl methyl sites for hydroxylation is 1. The number of urea groups is 1. The zero-order valence-electron chi connectivity index (χ0n) is 16.8. The van der Waals surface area contributed by atoms with Gasteiger partial charge in [-0.2, -0.15) is 0 Å². The van der Waals surface area contributed by atoms with E-state index in [2.05, 4.69) is 0 Å². The first-order chi connectivity index (χ1) is 14.0. The van der Waals surface area contributed by atoms with Crippen LogP contribution in [0.5, 0.6) is 11.5 Å². The Kier molecular flexibility index (Phi) is 7.61. The summed E-state index contributed by atoms with van der Waals surface area (Å²) in [4.78, 5) is 26.5. The predicted molar refractivity (Wildman–Crippen MR) is 104 cm³/mol. The molecule has 1 saturated heterocycles. The normalized spacial score (nSPS) is 16.7. The summed E-state index contributed by atoms with van der Waals surface area (Å²) in [7, 11) is -4.73. The van der Waals surface area contributed by atoms with Crippen LogP contribution in [0.3, 0.4) is 0 Å². The van der Waals surface area contributed by atoms with E-state index in [1.54, 1.807) is 31.2 Å². The molecule has 31 heavy (non-hydrogen) atoms. The second-order valence-corrected chi connectivity index (χ2v) is 8.32. The molecule has 0 spiro atoms. The van der Waals surface area contributed by atoms with Crippen molar-refractivity contribution in [3.05, 3.63) is 53.1 Å². The molecule has 0 aliphatic carbocycles. The van der Waals surface area contributed by atoms with E-state index in [9.17, 15) is 37.9 Å². The Morgan fingerprint density at radius 3 is 2.48 bits per heavy atom. The quantitative estimate of drug-likeness (QED) is 0.380. The molecule has 12 heteroatoms. The molecule has 3 rings (SSSR count). The molecule has 1 aliphatic rings. The molecule has 10 nitrogen and oxygen atoms in total. The average Bonchev–Trinajstić information content (AvgIpc) is 2.62. The van der Waals surface area contributed by atoms with Gasteiger partial charge in [-0.15, -0.1) is 0 Å². The van der Waals surface area contributed by atoms with Gasteiger partial charge in [-0.05, 0) is 43.2 Å². The summed E-state index contributed by atoms with van der Waals surface area (Å²) in [6.07, 6.45) is 0.0272. The maximum absolute atomic E-state index is 13.1. The smallest absolute Gasteiger partial charge is 0.747 e. The third-order valence-corrected chi connectivity index (χ3v) is 5.44. The van der Waals surface area contributed by atoms with E-state index in [0.717, 1.165) is 27.5 Å². The van der Waals surface area contributed by atoms with Crippen LogP contribution in [0.4, 0.5) is 10.5 Å². The fourth-order valence-corrected chi connectivity index (χ4v) is 4.16. The summed E-state index contributed by atoms with van der Waals surface area (Å²) < 4.78 is 33.6. The fraction of sp³-hybridized carbons (Fsp3) is 0.263. The zero-order chi connectivity index (χ0) is 22.2. The first-order valence-electron chi connectivity index (χ1n) is 8.86. The summed E-state index contributed by atoms with van der Waals surface area (Å²) in [5.74, 6) is -3.56. The van der Waals surface area contributed by atoms with Crippen LogP contribution in [0.2, 0.25) is 0 Å². The van der Waals surface area contributed by atoms with Crippen molar-refractivity contribution >= 4 is 27.8 Å². The van der Waals surface area contributed by atoms with Crippen LogP contribution in [0, 0.1) is 6.92 Å². The molecule has 2 aromatic rings. The van der Waals surface area contributed by atoms with E-state index < -0.39 is 51.1 Å². The van der Waals surface area contributed by atoms with Crippen LogP contribution in [0.25, 0.3) is 0 Å². The largest absolute Gasteiger partial charge is 1.00 e. The number of aromatic carboxylic acids is 1. The molecule has 0 radical (unpaired) electrons. The minimum absolute atomic E-state index is 0. The van der Waals surface area contributed by atoms with Gasteiger partial charge in [0.05, 0.1) is 11.6 Å². The van der Waals surface area contributed by atoms with E-state index in [4.69, 9.17) is 0 Å². The topological polar surface area (TPSA) is 159 Å². The van der Waals surface area contributed by atoms with Crippen molar-refractivity contribution in [1.82, 2.24) is 4.90 Å². The molecule has 2 amide bonds. The first-order valence-corrected chi connectivity index (χ1v) is 10.4. The molecule has 2 aromatic carbocycles. The van der Waals surface area contributed by atoms with Crippen molar-refractivity contribution < 1.29 is 67.4 Å². The first kappa shape index (κ1) is 25.0. The molecule has 1 atom stereocenters. The van der Waals surface area contributed by atoms with Gasteiger partial charge in [0.1, 0.15) is 33.1 Å². The van der Waals surface area contributed by atoms with E-state index in [-0.39, 0.29) is 48.1 Å². The number of benzene rings is 2. The van der Waals surface area contributed by atoms with Gasteiger partial charge >= 0.3 is 41.6 Å². The van der Waals surface area contributed by atoms with Gasteiger partial charge in [0.15, 0.2) is 0 Å². The molecule has 0 bridgehead atoms. The van der Waals surface area contributed by atoms with Gasteiger partial charge in [0.2, 0.25) is 0 Å². The third-order valence-electron chi connectivity index (χ3n) is 4.81. The monoisotopic (exact) mass is 458 g/mol. The number of anilines is 1. The van der Waals surface area contributed by atoms with Crippen molar-refractivity contribution in [1.29, 1.82) is 0 Å². The number of aromatic hydroxyl groups is 2. The number of carbonyl (C=O) groups excluding carboxylic acids is 1. The van der Waals surface area contributed by atoms with E-state index in [0.29, 0.717) is 5.69 Å². The van der Waals surface area contributed by atoms with Crippen LogP contribution >= 0.6 is 0 Å². The third kappa shape index (κ3) is 5.31. The second kappa shape index (κ2) is 9.45. The molecule has 0 saturated carbocycles. The fourth-order valence-electron chi connectivity index (χ4n) is 3.54. The summed E-state index contributed by atoms with van der Waals surface area (Å²) in [6, 6.07) is 6.95. The van der Waals surface area contributed by atoms with Crippen LogP contribution in [0.15, 0.2) is 36.4 Å². The Morgan fingerprint density at radius 1 is 1.23 bits per heavy atom. The predicted octanol–water partition coefficient (Wildman–Crippen LogP) is -1.02. The number of hydrogen-bond donors (Lipinski definition) is 3. The summed E-state index contributed by atoms with van der Waals surface area (Å²) >= 11 is 0. The summed E-state index contributed by atoms with van der Waals surface area (Å²) in [6.45, 7) is 1.62. The second-order valence-electron chi connectivity index (χ2n) is 6.95. The van der Waals surface area contributed by atoms with Gasteiger partial charge in [0.25, 0.3) is 0 Å². The van der Waals surface area contributed by atoms with Gasteiger partial charge in [-0.1, -0.05) is 12.1 Å².